The molecule has 0 atom stereocenters. The average molecular weight is 244 g/mol. The number of methoxy groups -OCH3 is 1. The zero-order valence-electron chi connectivity index (χ0n) is 10.5. The van der Waals surface area contributed by atoms with E-state index in [1.54, 1.807) is 13.3 Å². The number of ether oxygens (including phenoxy) is 1. The number of nitrogen functional groups attached to an aromatic ring is 1. The SMILES string of the molecule is COc1ccc(C)cc1-c1ncc(CN)c(N)n1. The van der Waals surface area contributed by atoms with Crippen LogP contribution in [0.3, 0.4) is 0 Å². The van der Waals surface area contributed by atoms with Crippen LogP contribution in [0, 0.1) is 6.92 Å². The minimum Gasteiger partial charge on any atom is -0.496 e. The summed E-state index contributed by atoms with van der Waals surface area (Å²) < 4.78 is 5.31. The van der Waals surface area contributed by atoms with Crippen molar-refractivity contribution in [2.45, 2.75) is 13.5 Å². The Labute approximate surface area is 106 Å². The maximum Gasteiger partial charge on any atom is 0.165 e. The molecule has 4 N–H and O–H groups in total. The molecule has 0 radical (unpaired) electrons. The van der Waals surface area contributed by atoms with Crippen molar-refractivity contribution in [3.05, 3.63) is 35.5 Å². The number of aryl methyl sites for hydroxylation is 1. The number of benzene rings is 1. The molecule has 0 saturated heterocycles. The predicted molar refractivity (Wildman–Crippen MR) is 71.1 cm³/mol. The van der Waals surface area contributed by atoms with Gasteiger partial charge in [-0.3, -0.25) is 0 Å². The summed E-state index contributed by atoms with van der Waals surface area (Å²) in [5, 5.41) is 0. The number of hydrogen-bond donors (Lipinski definition) is 2. The average Bonchev–Trinajstić information content (AvgIpc) is 2.38. The zero-order chi connectivity index (χ0) is 13.1. The first kappa shape index (κ1) is 12.3. The van der Waals surface area contributed by atoms with Crippen molar-refractivity contribution in [3.8, 4) is 17.1 Å². The second kappa shape index (κ2) is 5.01. The Morgan fingerprint density at radius 1 is 1.33 bits per heavy atom. The Morgan fingerprint density at radius 3 is 2.72 bits per heavy atom. The maximum absolute atomic E-state index is 5.83. The molecule has 0 aliphatic rings. The van der Waals surface area contributed by atoms with Gasteiger partial charge >= 0.3 is 0 Å². The molecule has 0 fully saturated rings. The molecule has 5 nitrogen and oxygen atoms in total. The molecule has 18 heavy (non-hydrogen) atoms. The minimum atomic E-state index is 0.330. The summed E-state index contributed by atoms with van der Waals surface area (Å²) in [6.07, 6.45) is 1.65. The number of nitrogens with zero attached hydrogens (tertiary/aromatic N) is 2. The zero-order valence-corrected chi connectivity index (χ0v) is 10.5. The molecule has 1 aromatic carbocycles. The monoisotopic (exact) mass is 244 g/mol. The molecule has 5 heteroatoms. The first-order valence-electron chi connectivity index (χ1n) is 5.62. The van der Waals surface area contributed by atoms with Crippen LogP contribution in [0.25, 0.3) is 11.4 Å². The van der Waals surface area contributed by atoms with Gasteiger partial charge in [0.2, 0.25) is 0 Å². The normalized spacial score (nSPS) is 10.4. The standard InChI is InChI=1S/C13H16N4O/c1-8-3-4-11(18-2)10(5-8)13-16-7-9(6-14)12(15)17-13/h3-5,7H,6,14H2,1-2H3,(H2,15,16,17). The molecule has 2 aromatic rings. The lowest BCUT2D eigenvalue weighted by Gasteiger charge is -2.09. The molecule has 2 rings (SSSR count). The quantitative estimate of drug-likeness (QED) is 0.854. The Balaban J connectivity index is 2.54. The van der Waals surface area contributed by atoms with Crippen LogP contribution in [0.15, 0.2) is 24.4 Å². The van der Waals surface area contributed by atoms with E-state index >= 15 is 0 Å². The summed E-state index contributed by atoms with van der Waals surface area (Å²) in [6, 6.07) is 5.83. The molecule has 0 unspecified atom stereocenters. The summed E-state index contributed by atoms with van der Waals surface area (Å²) in [5.74, 6) is 1.68. The number of nitrogens with two attached hydrogens (primary N) is 2. The van der Waals surface area contributed by atoms with E-state index in [0.717, 1.165) is 22.4 Å². The lowest BCUT2D eigenvalue weighted by atomic mass is 10.1. The fraction of sp³-hybridized carbons (Fsp3) is 0.231. The Hall–Kier alpha value is -2.14. The summed E-state index contributed by atoms with van der Waals surface area (Å²) >= 11 is 0. The van der Waals surface area contributed by atoms with Crippen LogP contribution in [0.5, 0.6) is 5.75 Å². The van der Waals surface area contributed by atoms with Crippen LogP contribution in [0.2, 0.25) is 0 Å². The largest absolute Gasteiger partial charge is 0.496 e. The molecule has 1 aromatic heterocycles. The molecule has 0 amide bonds. The highest BCUT2D eigenvalue weighted by molar-refractivity contribution is 5.66. The van der Waals surface area contributed by atoms with E-state index in [9.17, 15) is 0 Å². The first-order chi connectivity index (χ1) is 8.65. The molecular formula is C13H16N4O. The maximum atomic E-state index is 5.83. The number of anilines is 1. The molecule has 0 spiro atoms. The summed E-state index contributed by atoms with van der Waals surface area (Å²) in [6.45, 7) is 2.33. The van der Waals surface area contributed by atoms with E-state index in [4.69, 9.17) is 16.2 Å². The summed E-state index contributed by atoms with van der Waals surface area (Å²) in [4.78, 5) is 8.55. The third kappa shape index (κ3) is 2.26. The smallest absolute Gasteiger partial charge is 0.165 e. The van der Waals surface area contributed by atoms with Gasteiger partial charge in [-0.2, -0.15) is 0 Å². The Morgan fingerprint density at radius 2 is 2.11 bits per heavy atom. The van der Waals surface area contributed by atoms with Gasteiger partial charge in [0.05, 0.1) is 12.7 Å². The minimum absolute atomic E-state index is 0.330. The fourth-order valence-corrected chi connectivity index (χ4v) is 1.70. The van der Waals surface area contributed by atoms with Crippen molar-refractivity contribution in [2.24, 2.45) is 5.73 Å². The van der Waals surface area contributed by atoms with Crippen LogP contribution in [-0.4, -0.2) is 17.1 Å². The lowest BCUT2D eigenvalue weighted by Crippen LogP contribution is -2.06. The van der Waals surface area contributed by atoms with Gasteiger partial charge in [-0.25, -0.2) is 9.97 Å². The molecule has 0 bridgehead atoms. The van der Waals surface area contributed by atoms with Gasteiger partial charge in [0.1, 0.15) is 11.6 Å². The Kier molecular flexibility index (Phi) is 3.43. The molecule has 0 aliphatic heterocycles. The van der Waals surface area contributed by atoms with E-state index in [1.807, 2.05) is 25.1 Å². The van der Waals surface area contributed by atoms with Crippen molar-refractivity contribution in [3.63, 3.8) is 0 Å². The van der Waals surface area contributed by atoms with Gasteiger partial charge < -0.3 is 16.2 Å². The highest BCUT2D eigenvalue weighted by Crippen LogP contribution is 2.28. The Bertz CT molecular complexity index is 569. The van der Waals surface area contributed by atoms with Gasteiger partial charge in [-0.15, -0.1) is 0 Å². The van der Waals surface area contributed by atoms with Gasteiger partial charge in [-0.1, -0.05) is 11.6 Å². The molecular weight excluding hydrogens is 228 g/mol. The number of rotatable bonds is 3. The highest BCUT2D eigenvalue weighted by atomic mass is 16.5. The number of hydrogen-bond acceptors (Lipinski definition) is 5. The summed E-state index contributed by atoms with van der Waals surface area (Å²) in [5.41, 5.74) is 14.0. The van der Waals surface area contributed by atoms with E-state index in [1.165, 1.54) is 0 Å². The van der Waals surface area contributed by atoms with Gasteiger partial charge in [0.15, 0.2) is 5.82 Å². The fourth-order valence-electron chi connectivity index (χ4n) is 1.70. The predicted octanol–water partition coefficient (Wildman–Crippen LogP) is 1.50. The van der Waals surface area contributed by atoms with E-state index in [-0.39, 0.29) is 0 Å². The summed E-state index contributed by atoms with van der Waals surface area (Å²) in [7, 11) is 1.62. The third-order valence-corrected chi connectivity index (χ3v) is 2.71. The van der Waals surface area contributed by atoms with Crippen LogP contribution in [0.1, 0.15) is 11.1 Å². The van der Waals surface area contributed by atoms with Crippen LogP contribution in [-0.2, 0) is 6.54 Å². The van der Waals surface area contributed by atoms with Crippen molar-refractivity contribution in [1.82, 2.24) is 9.97 Å². The van der Waals surface area contributed by atoms with Crippen molar-refractivity contribution >= 4 is 5.82 Å². The van der Waals surface area contributed by atoms with E-state index < -0.39 is 0 Å². The highest BCUT2D eigenvalue weighted by Gasteiger charge is 2.10. The van der Waals surface area contributed by atoms with Crippen molar-refractivity contribution < 1.29 is 4.74 Å². The van der Waals surface area contributed by atoms with Crippen molar-refractivity contribution in [1.29, 1.82) is 0 Å². The molecule has 0 saturated carbocycles. The van der Waals surface area contributed by atoms with Gasteiger partial charge in [0, 0.05) is 18.3 Å². The van der Waals surface area contributed by atoms with Gasteiger partial charge in [-0.05, 0) is 19.1 Å². The molecule has 94 valence electrons. The van der Waals surface area contributed by atoms with Crippen LogP contribution in [0.4, 0.5) is 5.82 Å². The van der Waals surface area contributed by atoms with Crippen molar-refractivity contribution in [2.75, 3.05) is 12.8 Å². The second-order valence-corrected chi connectivity index (χ2v) is 4.01. The van der Waals surface area contributed by atoms with Crippen LogP contribution >= 0.6 is 0 Å². The van der Waals surface area contributed by atoms with Gasteiger partial charge in [0.25, 0.3) is 0 Å². The molecule has 0 aliphatic carbocycles. The van der Waals surface area contributed by atoms with Crippen LogP contribution < -0.4 is 16.2 Å². The lowest BCUT2D eigenvalue weighted by molar-refractivity contribution is 0.416. The first-order valence-corrected chi connectivity index (χ1v) is 5.62. The number of aromatic nitrogens is 2. The second-order valence-electron chi connectivity index (χ2n) is 4.01. The topological polar surface area (TPSA) is 87.0 Å². The third-order valence-electron chi connectivity index (χ3n) is 2.71. The molecule has 1 heterocycles. The van der Waals surface area contributed by atoms with E-state index in [0.29, 0.717) is 18.2 Å². The van der Waals surface area contributed by atoms with E-state index in [2.05, 4.69) is 9.97 Å².